The Hall–Kier alpha value is -3.09. The minimum absolute atomic E-state index is 0.752. The summed E-state index contributed by atoms with van der Waals surface area (Å²) >= 11 is 3.28. The third kappa shape index (κ3) is 5.25. The largest absolute Gasteiger partial charge is 0.497 e. The number of hydrazone groups is 1. The lowest BCUT2D eigenvalue weighted by molar-refractivity contribution is 0.415. The summed E-state index contributed by atoms with van der Waals surface area (Å²) in [5.41, 5.74) is 5.98. The van der Waals surface area contributed by atoms with E-state index in [-0.39, 0.29) is 0 Å². The quantitative estimate of drug-likeness (QED) is 0.278. The highest BCUT2D eigenvalue weighted by Crippen LogP contribution is 2.30. The summed E-state index contributed by atoms with van der Waals surface area (Å²) in [7, 11) is 1.65. The van der Waals surface area contributed by atoms with Crippen molar-refractivity contribution < 1.29 is 4.74 Å². The summed E-state index contributed by atoms with van der Waals surface area (Å²) in [5.74, 6) is 0.805. The number of methoxy groups -OCH3 is 1. The smallest absolute Gasteiger partial charge is 0.203 e. The Kier molecular flexibility index (Phi) is 6.24. The van der Waals surface area contributed by atoms with Crippen molar-refractivity contribution in [3.05, 3.63) is 89.8 Å². The van der Waals surface area contributed by atoms with Crippen molar-refractivity contribution in [1.82, 2.24) is 4.98 Å². The Bertz CT molecular complexity index is 1090. The number of hydrogen-bond acceptors (Lipinski definition) is 6. The predicted molar refractivity (Wildman–Crippen MR) is 122 cm³/mol. The molecule has 0 fully saturated rings. The minimum atomic E-state index is 0.752. The zero-order valence-corrected chi connectivity index (χ0v) is 17.4. The maximum atomic E-state index is 5.22. The van der Waals surface area contributed by atoms with E-state index in [0.29, 0.717) is 0 Å². The number of nitrogens with one attached hydrogen (secondary N) is 1. The molecule has 0 bridgehead atoms. The molecule has 0 unspecified atom stereocenters. The van der Waals surface area contributed by atoms with E-state index in [1.807, 2.05) is 35.7 Å². The fraction of sp³-hybridized carbons (Fsp3) is 0.0435. The molecule has 0 spiro atoms. The second-order valence-electron chi connectivity index (χ2n) is 6.12. The van der Waals surface area contributed by atoms with Gasteiger partial charge in [-0.1, -0.05) is 54.2 Å². The topological polar surface area (TPSA) is 46.5 Å². The van der Waals surface area contributed by atoms with Gasteiger partial charge in [-0.25, -0.2) is 4.98 Å². The molecule has 0 aliphatic heterocycles. The molecule has 1 heterocycles. The van der Waals surface area contributed by atoms with E-state index in [4.69, 9.17) is 4.74 Å². The fourth-order valence-corrected chi connectivity index (χ4v) is 4.17. The monoisotopic (exact) mass is 417 g/mol. The average molecular weight is 418 g/mol. The van der Waals surface area contributed by atoms with Crippen molar-refractivity contribution in [3.8, 4) is 17.0 Å². The maximum absolute atomic E-state index is 5.22. The van der Waals surface area contributed by atoms with Crippen molar-refractivity contribution in [2.45, 2.75) is 9.79 Å². The molecular weight excluding hydrogens is 398 g/mol. The van der Waals surface area contributed by atoms with Gasteiger partial charge in [0, 0.05) is 20.7 Å². The second-order valence-corrected chi connectivity index (χ2v) is 8.13. The Morgan fingerprint density at radius 1 is 0.966 bits per heavy atom. The van der Waals surface area contributed by atoms with E-state index < -0.39 is 0 Å². The molecule has 4 aromatic rings. The lowest BCUT2D eigenvalue weighted by atomic mass is 10.2. The SMILES string of the molecule is COc1cccc(/C=N\Nc2nc(-c3ccc(Sc4ccccc4)cc3)cs2)c1. The summed E-state index contributed by atoms with van der Waals surface area (Å²) < 4.78 is 5.22. The number of hydrogen-bond donors (Lipinski definition) is 1. The van der Waals surface area contributed by atoms with Gasteiger partial charge in [0.2, 0.25) is 5.13 Å². The first kappa shape index (κ1) is 19.2. The highest BCUT2D eigenvalue weighted by molar-refractivity contribution is 7.99. The standard InChI is InChI=1S/C23H19N3OS2/c1-27-19-7-5-6-17(14-19)15-24-26-23-25-22(16-28-23)18-10-12-21(13-11-18)29-20-8-3-2-4-9-20/h2-16H,1H3,(H,25,26)/b24-15-. The molecule has 0 aliphatic rings. The summed E-state index contributed by atoms with van der Waals surface area (Å²) in [5, 5.41) is 7.05. The Labute approximate surface area is 178 Å². The first-order chi connectivity index (χ1) is 14.3. The molecule has 0 atom stereocenters. The van der Waals surface area contributed by atoms with Gasteiger partial charge >= 0.3 is 0 Å². The molecule has 6 heteroatoms. The van der Waals surface area contributed by atoms with Gasteiger partial charge in [-0.15, -0.1) is 11.3 Å². The van der Waals surface area contributed by atoms with Crippen LogP contribution in [0.2, 0.25) is 0 Å². The van der Waals surface area contributed by atoms with E-state index in [2.05, 4.69) is 64.0 Å². The van der Waals surface area contributed by atoms with Gasteiger partial charge in [0.1, 0.15) is 5.75 Å². The normalized spacial score (nSPS) is 10.9. The average Bonchev–Trinajstić information content (AvgIpc) is 3.24. The van der Waals surface area contributed by atoms with Gasteiger partial charge in [0.05, 0.1) is 19.0 Å². The van der Waals surface area contributed by atoms with Crippen LogP contribution in [-0.4, -0.2) is 18.3 Å². The van der Waals surface area contributed by atoms with Crippen LogP contribution in [0.25, 0.3) is 11.3 Å². The summed E-state index contributed by atoms with van der Waals surface area (Å²) in [4.78, 5) is 7.06. The van der Waals surface area contributed by atoms with Gasteiger partial charge in [-0.3, -0.25) is 5.43 Å². The van der Waals surface area contributed by atoms with Crippen LogP contribution >= 0.6 is 23.1 Å². The molecule has 4 nitrogen and oxygen atoms in total. The van der Waals surface area contributed by atoms with E-state index in [0.717, 1.165) is 27.7 Å². The molecule has 0 saturated heterocycles. The van der Waals surface area contributed by atoms with Crippen LogP contribution in [0.1, 0.15) is 5.56 Å². The van der Waals surface area contributed by atoms with Crippen LogP contribution in [0.4, 0.5) is 5.13 Å². The van der Waals surface area contributed by atoms with Crippen molar-refractivity contribution in [3.63, 3.8) is 0 Å². The van der Waals surface area contributed by atoms with Crippen LogP contribution < -0.4 is 10.2 Å². The van der Waals surface area contributed by atoms with Gasteiger partial charge in [0.25, 0.3) is 0 Å². The van der Waals surface area contributed by atoms with Crippen molar-refractivity contribution in [1.29, 1.82) is 0 Å². The molecule has 0 amide bonds. The molecule has 144 valence electrons. The lowest BCUT2D eigenvalue weighted by Crippen LogP contribution is -1.91. The van der Waals surface area contributed by atoms with E-state index >= 15 is 0 Å². The Morgan fingerprint density at radius 2 is 1.76 bits per heavy atom. The molecule has 0 saturated carbocycles. The van der Waals surface area contributed by atoms with Gasteiger partial charge in [-0.05, 0) is 42.0 Å². The second kappa shape index (κ2) is 9.41. The van der Waals surface area contributed by atoms with E-state index in [1.165, 1.54) is 21.1 Å². The number of nitrogens with zero attached hydrogens (tertiary/aromatic N) is 2. The van der Waals surface area contributed by atoms with Gasteiger partial charge in [0.15, 0.2) is 0 Å². The van der Waals surface area contributed by atoms with Crippen LogP contribution in [0.15, 0.2) is 99.1 Å². The molecule has 29 heavy (non-hydrogen) atoms. The third-order valence-corrected chi connectivity index (χ3v) is 5.86. The number of aromatic nitrogens is 1. The summed E-state index contributed by atoms with van der Waals surface area (Å²) in [6.07, 6.45) is 1.75. The van der Waals surface area contributed by atoms with Crippen LogP contribution in [0, 0.1) is 0 Å². The molecule has 4 rings (SSSR count). The number of benzene rings is 3. The van der Waals surface area contributed by atoms with Gasteiger partial charge < -0.3 is 4.74 Å². The van der Waals surface area contributed by atoms with Crippen LogP contribution in [-0.2, 0) is 0 Å². The number of anilines is 1. The summed E-state index contributed by atoms with van der Waals surface area (Å²) in [6.45, 7) is 0. The molecule has 0 aliphatic carbocycles. The van der Waals surface area contributed by atoms with Crippen LogP contribution in [0.3, 0.4) is 0 Å². The van der Waals surface area contributed by atoms with Gasteiger partial charge in [-0.2, -0.15) is 5.10 Å². The molecule has 1 aromatic heterocycles. The maximum Gasteiger partial charge on any atom is 0.203 e. The first-order valence-corrected chi connectivity index (χ1v) is 10.7. The Balaban J connectivity index is 1.39. The van der Waals surface area contributed by atoms with Crippen molar-refractivity contribution >= 4 is 34.4 Å². The zero-order valence-electron chi connectivity index (χ0n) is 15.8. The lowest BCUT2D eigenvalue weighted by Gasteiger charge is -2.02. The van der Waals surface area contributed by atoms with E-state index in [9.17, 15) is 0 Å². The highest BCUT2D eigenvalue weighted by atomic mass is 32.2. The molecule has 1 N–H and O–H groups in total. The molecule has 0 radical (unpaired) electrons. The zero-order chi connectivity index (χ0) is 19.9. The Morgan fingerprint density at radius 3 is 2.55 bits per heavy atom. The summed E-state index contributed by atoms with van der Waals surface area (Å²) in [6, 6.07) is 26.5. The van der Waals surface area contributed by atoms with Crippen LogP contribution in [0.5, 0.6) is 5.75 Å². The fourth-order valence-electron chi connectivity index (χ4n) is 2.66. The predicted octanol–water partition coefficient (Wildman–Crippen LogP) is 6.42. The number of ether oxygens (including phenoxy) is 1. The van der Waals surface area contributed by atoms with E-state index in [1.54, 1.807) is 25.1 Å². The number of rotatable bonds is 7. The highest BCUT2D eigenvalue weighted by Gasteiger charge is 2.05. The van der Waals surface area contributed by atoms with Crippen molar-refractivity contribution in [2.24, 2.45) is 5.10 Å². The number of thiazole rings is 1. The third-order valence-electron chi connectivity index (χ3n) is 4.10. The first-order valence-electron chi connectivity index (χ1n) is 9.02. The molecular formula is C23H19N3OS2. The molecule has 3 aromatic carbocycles. The van der Waals surface area contributed by atoms with Crippen molar-refractivity contribution in [2.75, 3.05) is 12.5 Å². The minimum Gasteiger partial charge on any atom is -0.497 e.